The SMILES string of the molecule is CC(c1cccc(C(F)(F)F)c1)N(C(=O)C1CNCCO1)C1CC1.Cl. The van der Waals surface area contributed by atoms with E-state index >= 15 is 0 Å². The van der Waals surface area contributed by atoms with Gasteiger partial charge in [-0.15, -0.1) is 12.4 Å². The van der Waals surface area contributed by atoms with Gasteiger partial charge in [-0.25, -0.2) is 0 Å². The van der Waals surface area contributed by atoms with Crippen molar-refractivity contribution < 1.29 is 22.7 Å². The molecule has 2 atom stereocenters. The number of morpholine rings is 1. The van der Waals surface area contributed by atoms with Crippen LogP contribution in [0.4, 0.5) is 13.2 Å². The quantitative estimate of drug-likeness (QED) is 0.875. The lowest BCUT2D eigenvalue weighted by Gasteiger charge is -2.34. The lowest BCUT2D eigenvalue weighted by atomic mass is 10.0. The maximum Gasteiger partial charge on any atom is 0.416 e. The van der Waals surface area contributed by atoms with Crippen molar-refractivity contribution in [1.82, 2.24) is 10.2 Å². The summed E-state index contributed by atoms with van der Waals surface area (Å²) in [5, 5.41) is 3.12. The summed E-state index contributed by atoms with van der Waals surface area (Å²) in [6.07, 6.45) is -3.18. The molecule has 2 aliphatic rings. The van der Waals surface area contributed by atoms with Gasteiger partial charge in [0.15, 0.2) is 0 Å². The van der Waals surface area contributed by atoms with Crippen LogP contribution < -0.4 is 5.32 Å². The molecular formula is C17H22ClF3N2O2. The summed E-state index contributed by atoms with van der Waals surface area (Å²) < 4.78 is 44.4. The lowest BCUT2D eigenvalue weighted by molar-refractivity contribution is -0.148. The van der Waals surface area contributed by atoms with Crippen molar-refractivity contribution in [3.8, 4) is 0 Å². The Morgan fingerprint density at radius 2 is 2.08 bits per heavy atom. The Hall–Kier alpha value is -1.31. The van der Waals surface area contributed by atoms with E-state index in [1.165, 1.54) is 6.07 Å². The van der Waals surface area contributed by atoms with Crippen molar-refractivity contribution in [2.75, 3.05) is 19.7 Å². The minimum Gasteiger partial charge on any atom is -0.366 e. The van der Waals surface area contributed by atoms with Crippen LogP contribution >= 0.6 is 12.4 Å². The van der Waals surface area contributed by atoms with Gasteiger partial charge in [-0.3, -0.25) is 4.79 Å². The highest BCUT2D eigenvalue weighted by molar-refractivity contribution is 5.85. The third-order valence-corrected chi connectivity index (χ3v) is 4.51. The second-order valence-electron chi connectivity index (χ2n) is 6.34. The molecule has 25 heavy (non-hydrogen) atoms. The predicted octanol–water partition coefficient (Wildman–Crippen LogP) is 3.17. The Balaban J connectivity index is 0.00000225. The zero-order chi connectivity index (χ0) is 17.3. The molecule has 1 amide bonds. The van der Waals surface area contributed by atoms with Gasteiger partial charge in [-0.05, 0) is 37.5 Å². The number of alkyl halides is 3. The van der Waals surface area contributed by atoms with E-state index in [1.807, 2.05) is 0 Å². The maximum atomic E-state index is 12.9. The van der Waals surface area contributed by atoms with Gasteiger partial charge in [0.1, 0.15) is 6.10 Å². The van der Waals surface area contributed by atoms with Crippen molar-refractivity contribution in [1.29, 1.82) is 0 Å². The van der Waals surface area contributed by atoms with E-state index in [4.69, 9.17) is 4.74 Å². The summed E-state index contributed by atoms with van der Waals surface area (Å²) in [4.78, 5) is 14.5. The Bertz CT molecular complexity index is 602. The lowest BCUT2D eigenvalue weighted by Crippen LogP contribution is -2.50. The summed E-state index contributed by atoms with van der Waals surface area (Å²) in [5.74, 6) is -0.144. The molecule has 2 unspecified atom stereocenters. The number of benzene rings is 1. The molecule has 3 rings (SSSR count). The van der Waals surface area contributed by atoms with Gasteiger partial charge in [0, 0.05) is 19.1 Å². The Labute approximate surface area is 151 Å². The number of hydrogen-bond acceptors (Lipinski definition) is 3. The van der Waals surface area contributed by atoms with E-state index in [0.29, 0.717) is 25.3 Å². The average Bonchev–Trinajstić information content (AvgIpc) is 3.40. The van der Waals surface area contributed by atoms with Crippen molar-refractivity contribution in [3.63, 3.8) is 0 Å². The number of amides is 1. The highest BCUT2D eigenvalue weighted by Crippen LogP contribution is 2.37. The Morgan fingerprint density at radius 1 is 1.36 bits per heavy atom. The molecule has 0 spiro atoms. The molecule has 140 valence electrons. The number of rotatable bonds is 4. The summed E-state index contributed by atoms with van der Waals surface area (Å²) in [6, 6.07) is 4.89. The molecule has 1 aliphatic carbocycles. The van der Waals surface area contributed by atoms with Gasteiger partial charge in [0.2, 0.25) is 0 Å². The first-order valence-corrected chi connectivity index (χ1v) is 8.19. The van der Waals surface area contributed by atoms with E-state index in [9.17, 15) is 18.0 Å². The number of carbonyl (C=O) groups is 1. The van der Waals surface area contributed by atoms with Crippen LogP contribution in [0.1, 0.15) is 36.9 Å². The van der Waals surface area contributed by atoms with Crippen molar-refractivity contribution >= 4 is 18.3 Å². The fourth-order valence-electron chi connectivity index (χ4n) is 3.07. The second-order valence-corrected chi connectivity index (χ2v) is 6.34. The van der Waals surface area contributed by atoms with Crippen molar-refractivity contribution in [3.05, 3.63) is 35.4 Å². The van der Waals surface area contributed by atoms with Gasteiger partial charge in [0.05, 0.1) is 18.2 Å². The van der Waals surface area contributed by atoms with Crippen molar-refractivity contribution in [2.45, 2.75) is 44.1 Å². The minimum absolute atomic E-state index is 0. The molecule has 1 N–H and O–H groups in total. The molecule has 1 saturated carbocycles. The normalized spacial score (nSPS) is 22.0. The summed E-state index contributed by atoms with van der Waals surface area (Å²) in [7, 11) is 0. The van der Waals surface area contributed by atoms with Gasteiger partial charge in [0.25, 0.3) is 5.91 Å². The standard InChI is InChI=1S/C17H21F3N2O2.ClH/c1-11(12-3-2-4-13(9-12)17(18,19)20)22(14-5-6-14)16(23)15-10-21-7-8-24-15;/h2-4,9,11,14-15,21H,5-8,10H2,1H3;1H. The fraction of sp³-hybridized carbons (Fsp3) is 0.588. The minimum atomic E-state index is -4.39. The number of ether oxygens (including phenoxy) is 1. The largest absolute Gasteiger partial charge is 0.416 e. The van der Waals surface area contributed by atoms with Crippen LogP contribution in [-0.2, 0) is 15.7 Å². The summed E-state index contributed by atoms with van der Waals surface area (Å²) >= 11 is 0. The van der Waals surface area contributed by atoms with Gasteiger partial charge < -0.3 is 15.0 Å². The number of carbonyl (C=O) groups excluding carboxylic acids is 1. The van der Waals surface area contributed by atoms with Crippen LogP contribution in [0.15, 0.2) is 24.3 Å². The Morgan fingerprint density at radius 3 is 2.64 bits per heavy atom. The van der Waals surface area contributed by atoms with Gasteiger partial charge >= 0.3 is 6.18 Å². The first-order chi connectivity index (χ1) is 11.4. The van der Waals surface area contributed by atoms with Crippen molar-refractivity contribution in [2.24, 2.45) is 0 Å². The third-order valence-electron chi connectivity index (χ3n) is 4.51. The zero-order valence-electron chi connectivity index (χ0n) is 13.9. The van der Waals surface area contributed by atoms with E-state index in [1.54, 1.807) is 17.9 Å². The molecule has 4 nitrogen and oxygen atoms in total. The topological polar surface area (TPSA) is 41.6 Å². The van der Waals surface area contributed by atoms with E-state index in [2.05, 4.69) is 5.32 Å². The predicted molar refractivity (Wildman–Crippen MR) is 89.6 cm³/mol. The molecule has 0 aromatic heterocycles. The smallest absolute Gasteiger partial charge is 0.366 e. The molecular weight excluding hydrogens is 357 g/mol. The highest BCUT2D eigenvalue weighted by atomic mass is 35.5. The molecule has 1 aromatic rings. The number of nitrogens with zero attached hydrogens (tertiary/aromatic N) is 1. The maximum absolute atomic E-state index is 12.9. The number of nitrogens with one attached hydrogen (secondary N) is 1. The first kappa shape index (κ1) is 20.0. The van der Waals surface area contributed by atoms with Crippen LogP contribution in [0.5, 0.6) is 0 Å². The highest BCUT2D eigenvalue weighted by Gasteiger charge is 2.40. The molecule has 1 aliphatic heterocycles. The molecule has 2 fully saturated rings. The molecule has 1 aromatic carbocycles. The van der Waals surface area contributed by atoms with Gasteiger partial charge in [-0.2, -0.15) is 13.2 Å². The van der Waals surface area contributed by atoms with E-state index < -0.39 is 23.9 Å². The molecule has 1 saturated heterocycles. The van der Waals surface area contributed by atoms with E-state index in [-0.39, 0.29) is 24.4 Å². The van der Waals surface area contributed by atoms with Crippen LogP contribution in [0.3, 0.4) is 0 Å². The van der Waals surface area contributed by atoms with Gasteiger partial charge in [-0.1, -0.05) is 12.1 Å². The van der Waals surface area contributed by atoms with Crippen LogP contribution in [-0.4, -0.2) is 42.6 Å². The summed E-state index contributed by atoms with van der Waals surface area (Å²) in [5.41, 5.74) is -0.195. The second kappa shape index (κ2) is 7.93. The van der Waals surface area contributed by atoms with Crippen LogP contribution in [0.2, 0.25) is 0 Å². The molecule has 0 bridgehead atoms. The molecule has 0 radical (unpaired) electrons. The first-order valence-electron chi connectivity index (χ1n) is 8.19. The molecule has 1 heterocycles. The molecule has 8 heteroatoms. The van der Waals surface area contributed by atoms with Crippen LogP contribution in [0, 0.1) is 0 Å². The van der Waals surface area contributed by atoms with E-state index in [0.717, 1.165) is 25.0 Å². The fourth-order valence-corrected chi connectivity index (χ4v) is 3.07. The monoisotopic (exact) mass is 378 g/mol. The summed E-state index contributed by atoms with van der Waals surface area (Å²) in [6.45, 7) is 3.39. The number of halogens is 4. The van der Waals surface area contributed by atoms with Crippen LogP contribution in [0.25, 0.3) is 0 Å². The number of hydrogen-bond donors (Lipinski definition) is 1. The average molecular weight is 379 g/mol. The Kier molecular flexibility index (Phi) is 6.35. The zero-order valence-corrected chi connectivity index (χ0v) is 14.7. The third kappa shape index (κ3) is 4.65.